The molecule has 0 radical (unpaired) electrons. The number of likely N-dealkylation sites (tertiary alicyclic amines) is 1. The number of nitrogens with one attached hydrogen (secondary N) is 3. The van der Waals surface area contributed by atoms with Crippen molar-refractivity contribution in [3.05, 3.63) is 89.2 Å². The van der Waals surface area contributed by atoms with Gasteiger partial charge in [0.05, 0.1) is 43.9 Å². The number of aromatic amines is 1. The molecule has 2 aromatic heterocycles. The fraction of sp³-hybridized carbons (Fsp3) is 0.290. The molecule has 2 fully saturated rings. The first-order valence-corrected chi connectivity index (χ1v) is 13.9. The van der Waals surface area contributed by atoms with Gasteiger partial charge in [-0.05, 0) is 41.5 Å². The Bertz CT molecular complexity index is 1730. The number of benzene rings is 2. The van der Waals surface area contributed by atoms with Crippen LogP contribution < -0.4 is 10.6 Å². The van der Waals surface area contributed by atoms with E-state index in [0.717, 1.165) is 16.7 Å². The lowest BCUT2D eigenvalue weighted by molar-refractivity contribution is -0.152. The van der Waals surface area contributed by atoms with Gasteiger partial charge in [0.25, 0.3) is 11.8 Å². The molecule has 3 amide bonds. The average Bonchev–Trinajstić information content (AvgIpc) is 3.79. The Morgan fingerprint density at radius 1 is 0.977 bits per heavy atom. The van der Waals surface area contributed by atoms with Crippen molar-refractivity contribution in [2.24, 2.45) is 0 Å². The van der Waals surface area contributed by atoms with Gasteiger partial charge in [-0.1, -0.05) is 30.3 Å². The molecule has 3 N–H and O–H groups in total. The molecule has 2 saturated heterocycles. The zero-order valence-electron chi connectivity index (χ0n) is 22.9. The number of carbonyl (C=O) groups is 3. The molecule has 7 rings (SSSR count). The summed E-state index contributed by atoms with van der Waals surface area (Å²) in [6.07, 6.45) is 1.83. The maximum absolute atomic E-state index is 14.9. The standard InChI is InChI=1S/C31H27F2N5O5/c32-31(33)22-5-2-1-4-20(22)21-12-18(7-8-23(21)31)28(40)36-16-27(39)38-17-30(42-10-11-43-30)14-26(38)29(41)35-15-19-13-25-24(37-19)6-3-9-34-25/h1-9,12-13,26,37H,10-11,14-17H2,(H,35,41)(H,36,40). The molecule has 43 heavy (non-hydrogen) atoms. The Kier molecular flexibility index (Phi) is 6.47. The average molecular weight is 588 g/mol. The summed E-state index contributed by atoms with van der Waals surface area (Å²) >= 11 is 0. The van der Waals surface area contributed by atoms with Gasteiger partial charge in [0.2, 0.25) is 11.8 Å². The van der Waals surface area contributed by atoms with Crippen molar-refractivity contribution in [1.29, 1.82) is 0 Å². The molecule has 2 aliphatic heterocycles. The molecular formula is C31H27F2N5O5. The van der Waals surface area contributed by atoms with Crippen LogP contribution in [0.2, 0.25) is 0 Å². The summed E-state index contributed by atoms with van der Waals surface area (Å²) in [5.74, 6) is -5.74. The Labute approximate surface area is 244 Å². The first kappa shape index (κ1) is 27.2. The van der Waals surface area contributed by atoms with E-state index >= 15 is 0 Å². The lowest BCUT2D eigenvalue weighted by Crippen LogP contribution is -2.49. The zero-order chi connectivity index (χ0) is 29.8. The van der Waals surface area contributed by atoms with Gasteiger partial charge in [0.1, 0.15) is 6.04 Å². The summed E-state index contributed by atoms with van der Waals surface area (Å²) in [6.45, 7) is 0.502. The fourth-order valence-corrected chi connectivity index (χ4v) is 6.13. The maximum Gasteiger partial charge on any atom is 0.299 e. The number of pyridine rings is 1. The van der Waals surface area contributed by atoms with Gasteiger partial charge in [0.15, 0.2) is 5.79 Å². The van der Waals surface area contributed by atoms with Crippen LogP contribution in [0, 0.1) is 0 Å². The monoisotopic (exact) mass is 587 g/mol. The lowest BCUT2D eigenvalue weighted by atomic mass is 10.0. The van der Waals surface area contributed by atoms with E-state index in [9.17, 15) is 23.2 Å². The number of ether oxygens (including phenoxy) is 2. The molecule has 1 spiro atoms. The number of alkyl halides is 2. The van der Waals surface area contributed by atoms with Gasteiger partial charge < -0.3 is 30.0 Å². The third-order valence-corrected chi connectivity index (χ3v) is 8.20. The molecular weight excluding hydrogens is 560 g/mol. The van der Waals surface area contributed by atoms with Gasteiger partial charge in [0, 0.05) is 35.0 Å². The van der Waals surface area contributed by atoms with Crippen molar-refractivity contribution in [3.8, 4) is 11.1 Å². The molecule has 1 unspecified atom stereocenters. The van der Waals surface area contributed by atoms with E-state index in [2.05, 4.69) is 20.6 Å². The van der Waals surface area contributed by atoms with Gasteiger partial charge >= 0.3 is 0 Å². The Morgan fingerprint density at radius 3 is 2.58 bits per heavy atom. The Morgan fingerprint density at radius 2 is 1.77 bits per heavy atom. The smallest absolute Gasteiger partial charge is 0.299 e. The highest BCUT2D eigenvalue weighted by Crippen LogP contribution is 2.50. The number of aromatic nitrogens is 2. The summed E-state index contributed by atoms with van der Waals surface area (Å²) in [7, 11) is 0. The Balaban J connectivity index is 1.04. The predicted molar refractivity (Wildman–Crippen MR) is 150 cm³/mol. The highest BCUT2D eigenvalue weighted by Gasteiger charge is 2.52. The van der Waals surface area contributed by atoms with E-state index in [-0.39, 0.29) is 47.7 Å². The predicted octanol–water partition coefficient (Wildman–Crippen LogP) is 3.07. The molecule has 10 nitrogen and oxygen atoms in total. The van der Waals surface area contributed by atoms with Crippen LogP contribution in [0.25, 0.3) is 22.2 Å². The molecule has 1 atom stereocenters. The van der Waals surface area contributed by atoms with E-state index in [1.807, 2.05) is 18.2 Å². The van der Waals surface area contributed by atoms with Gasteiger partial charge in [-0.2, -0.15) is 8.78 Å². The molecule has 220 valence electrons. The summed E-state index contributed by atoms with van der Waals surface area (Å²) in [5, 5.41) is 5.45. The summed E-state index contributed by atoms with van der Waals surface area (Å²) < 4.78 is 41.4. The summed E-state index contributed by atoms with van der Waals surface area (Å²) in [4.78, 5) is 48.6. The van der Waals surface area contributed by atoms with Crippen molar-refractivity contribution in [3.63, 3.8) is 0 Å². The number of hydrogen-bond acceptors (Lipinski definition) is 6. The number of nitrogens with zero attached hydrogens (tertiary/aromatic N) is 2. The van der Waals surface area contributed by atoms with Crippen molar-refractivity contribution >= 4 is 28.8 Å². The minimum atomic E-state index is -3.16. The number of H-pyrrole nitrogens is 1. The number of hydrogen-bond donors (Lipinski definition) is 3. The lowest BCUT2D eigenvalue weighted by Gasteiger charge is -2.24. The van der Waals surface area contributed by atoms with E-state index in [1.165, 1.54) is 29.2 Å². The van der Waals surface area contributed by atoms with Crippen molar-refractivity contribution in [1.82, 2.24) is 25.5 Å². The molecule has 2 aromatic carbocycles. The van der Waals surface area contributed by atoms with Crippen molar-refractivity contribution < 1.29 is 32.6 Å². The summed E-state index contributed by atoms with van der Waals surface area (Å²) in [5.41, 5.74) is 2.87. The third kappa shape index (κ3) is 4.72. The maximum atomic E-state index is 14.9. The summed E-state index contributed by atoms with van der Waals surface area (Å²) in [6, 6.07) is 14.8. The third-order valence-electron chi connectivity index (χ3n) is 8.20. The molecule has 0 saturated carbocycles. The topological polar surface area (TPSA) is 126 Å². The second-order valence-corrected chi connectivity index (χ2v) is 10.9. The number of amides is 3. The zero-order valence-corrected chi connectivity index (χ0v) is 22.9. The largest absolute Gasteiger partial charge is 0.356 e. The Hall–Kier alpha value is -4.68. The highest BCUT2D eigenvalue weighted by molar-refractivity contribution is 5.99. The molecule has 4 aromatic rings. The first-order chi connectivity index (χ1) is 20.7. The molecule has 4 heterocycles. The quantitative estimate of drug-likeness (QED) is 0.319. The van der Waals surface area contributed by atoms with Crippen molar-refractivity contribution in [2.45, 2.75) is 30.7 Å². The molecule has 0 bridgehead atoms. The SMILES string of the molecule is O=C(NCC(=O)N1CC2(CC1C(=O)NCc1cc3ncccc3[nH]1)OCCO2)c1ccc2c(c1)-c1ccccc1C2(F)F. The van der Waals surface area contributed by atoms with Crippen LogP contribution in [0.5, 0.6) is 0 Å². The second-order valence-electron chi connectivity index (χ2n) is 10.9. The van der Waals surface area contributed by atoms with Crippen LogP contribution in [0.3, 0.4) is 0 Å². The number of halogens is 2. The minimum Gasteiger partial charge on any atom is -0.356 e. The minimum absolute atomic E-state index is 0.0286. The highest BCUT2D eigenvalue weighted by atomic mass is 19.3. The molecule has 12 heteroatoms. The van der Waals surface area contributed by atoms with Gasteiger partial charge in [-0.15, -0.1) is 0 Å². The first-order valence-electron chi connectivity index (χ1n) is 13.9. The van der Waals surface area contributed by atoms with Crippen LogP contribution in [-0.2, 0) is 31.5 Å². The number of carbonyl (C=O) groups excluding carboxylic acids is 3. The van der Waals surface area contributed by atoms with E-state index in [1.54, 1.807) is 24.4 Å². The van der Waals surface area contributed by atoms with Crippen LogP contribution in [-0.4, -0.2) is 70.7 Å². The van der Waals surface area contributed by atoms with Crippen molar-refractivity contribution in [2.75, 3.05) is 26.3 Å². The van der Waals surface area contributed by atoms with E-state index < -0.39 is 36.1 Å². The normalized spacial score (nSPS) is 19.4. The number of rotatable bonds is 6. The van der Waals surface area contributed by atoms with Crippen LogP contribution >= 0.6 is 0 Å². The van der Waals surface area contributed by atoms with Gasteiger partial charge in [-0.3, -0.25) is 19.4 Å². The van der Waals surface area contributed by atoms with E-state index in [0.29, 0.717) is 18.8 Å². The van der Waals surface area contributed by atoms with E-state index in [4.69, 9.17) is 9.47 Å². The van der Waals surface area contributed by atoms with Crippen LogP contribution in [0.15, 0.2) is 66.9 Å². The van der Waals surface area contributed by atoms with Crippen LogP contribution in [0.1, 0.15) is 33.6 Å². The van der Waals surface area contributed by atoms with Crippen LogP contribution in [0.4, 0.5) is 8.78 Å². The van der Waals surface area contributed by atoms with Gasteiger partial charge in [-0.25, -0.2) is 0 Å². The molecule has 1 aliphatic carbocycles. The number of fused-ring (bicyclic) bond motifs is 4. The second kappa shape index (κ2) is 10.2. The fourth-order valence-electron chi connectivity index (χ4n) is 6.13. The molecule has 3 aliphatic rings.